The second-order valence-corrected chi connectivity index (χ2v) is 6.85. The molecule has 3 heteroatoms. The molecule has 0 aliphatic heterocycles. The number of unbranched alkanes of at least 4 members (excludes halogenated alkanes) is 3. The van der Waals surface area contributed by atoms with E-state index in [9.17, 15) is 0 Å². The monoisotopic (exact) mass is 363 g/mol. The van der Waals surface area contributed by atoms with E-state index in [0.717, 1.165) is 42.9 Å². The van der Waals surface area contributed by atoms with E-state index in [1.807, 2.05) is 12.3 Å². The number of nitrogens with one attached hydrogen (secondary N) is 2. The summed E-state index contributed by atoms with van der Waals surface area (Å²) < 4.78 is 0. The highest BCUT2D eigenvalue weighted by Gasteiger charge is 2.05. The molecule has 0 unspecified atom stereocenters. The lowest BCUT2D eigenvalue weighted by Gasteiger charge is -2.12. The van der Waals surface area contributed by atoms with Crippen molar-refractivity contribution in [1.29, 1.82) is 0 Å². The molecule has 0 spiro atoms. The van der Waals surface area contributed by atoms with Crippen molar-refractivity contribution in [3.8, 4) is 0 Å². The number of nitrogens with two attached hydrogens (primary N) is 1. The van der Waals surface area contributed by atoms with Gasteiger partial charge in [0.25, 0.3) is 0 Å². The Labute approximate surface area is 164 Å². The molecule has 2 aromatic carbocycles. The SMILES string of the molecule is C=C(N/C=C(\N)c1ccccc1CCc1ccccc1)NCCCCCC. The van der Waals surface area contributed by atoms with Crippen LogP contribution in [0.1, 0.15) is 49.3 Å². The fraction of sp³-hybridized carbons (Fsp3) is 0.333. The number of benzene rings is 2. The minimum absolute atomic E-state index is 0.729. The number of hydrogen-bond acceptors (Lipinski definition) is 3. The zero-order chi connectivity index (χ0) is 19.3. The molecule has 0 atom stereocenters. The normalized spacial score (nSPS) is 11.2. The fourth-order valence-corrected chi connectivity index (χ4v) is 3.03. The van der Waals surface area contributed by atoms with Crippen molar-refractivity contribution in [3.63, 3.8) is 0 Å². The second-order valence-electron chi connectivity index (χ2n) is 6.85. The van der Waals surface area contributed by atoms with Crippen LogP contribution in [-0.4, -0.2) is 6.54 Å². The third-order valence-electron chi connectivity index (χ3n) is 4.62. The van der Waals surface area contributed by atoms with E-state index in [-0.39, 0.29) is 0 Å². The third kappa shape index (κ3) is 7.61. The predicted octanol–water partition coefficient (Wildman–Crippen LogP) is 4.96. The van der Waals surface area contributed by atoms with Crippen LogP contribution in [0.5, 0.6) is 0 Å². The maximum Gasteiger partial charge on any atom is 0.0953 e. The first-order chi connectivity index (χ1) is 13.2. The molecule has 0 fully saturated rings. The van der Waals surface area contributed by atoms with Gasteiger partial charge in [-0.15, -0.1) is 0 Å². The molecule has 144 valence electrons. The Bertz CT molecular complexity index is 719. The molecule has 0 amide bonds. The largest absolute Gasteiger partial charge is 0.397 e. The maximum absolute atomic E-state index is 6.34. The van der Waals surface area contributed by atoms with Crippen LogP contribution in [0.2, 0.25) is 0 Å². The number of rotatable bonds is 12. The average Bonchev–Trinajstić information content (AvgIpc) is 2.71. The molecule has 27 heavy (non-hydrogen) atoms. The van der Waals surface area contributed by atoms with Gasteiger partial charge in [0, 0.05) is 18.3 Å². The van der Waals surface area contributed by atoms with Gasteiger partial charge in [-0.3, -0.25) is 0 Å². The van der Waals surface area contributed by atoms with Gasteiger partial charge >= 0.3 is 0 Å². The van der Waals surface area contributed by atoms with Gasteiger partial charge in [0.1, 0.15) is 0 Å². The molecule has 0 aromatic heterocycles. The van der Waals surface area contributed by atoms with Crippen molar-refractivity contribution in [2.45, 2.75) is 45.4 Å². The molecule has 3 nitrogen and oxygen atoms in total. The summed E-state index contributed by atoms with van der Waals surface area (Å²) in [4.78, 5) is 0. The number of aryl methyl sites for hydroxylation is 2. The molecule has 0 aliphatic rings. The summed E-state index contributed by atoms with van der Waals surface area (Å²) in [6.07, 6.45) is 8.76. The highest BCUT2D eigenvalue weighted by atomic mass is 15.1. The molecule has 4 N–H and O–H groups in total. The molecule has 2 aromatic rings. The van der Waals surface area contributed by atoms with Crippen LogP contribution in [0.15, 0.2) is 73.2 Å². The maximum atomic E-state index is 6.34. The Morgan fingerprint density at radius 1 is 0.963 bits per heavy atom. The van der Waals surface area contributed by atoms with E-state index in [1.165, 1.54) is 30.4 Å². The van der Waals surface area contributed by atoms with E-state index in [1.54, 1.807) is 0 Å². The summed E-state index contributed by atoms with van der Waals surface area (Å²) in [5.41, 5.74) is 10.7. The van der Waals surface area contributed by atoms with Crippen LogP contribution in [-0.2, 0) is 12.8 Å². The number of hydrogen-bond donors (Lipinski definition) is 3. The van der Waals surface area contributed by atoms with Crippen molar-refractivity contribution in [2.75, 3.05) is 6.54 Å². The molecular weight excluding hydrogens is 330 g/mol. The van der Waals surface area contributed by atoms with Gasteiger partial charge in [-0.05, 0) is 30.4 Å². The van der Waals surface area contributed by atoms with Gasteiger partial charge in [0.05, 0.1) is 11.5 Å². The lowest BCUT2D eigenvalue weighted by atomic mass is 9.98. The van der Waals surface area contributed by atoms with E-state index < -0.39 is 0 Å². The quantitative estimate of drug-likeness (QED) is 0.467. The Morgan fingerprint density at radius 2 is 1.70 bits per heavy atom. The van der Waals surface area contributed by atoms with Crippen molar-refractivity contribution in [3.05, 3.63) is 89.9 Å². The molecule has 0 saturated carbocycles. The first-order valence-corrected chi connectivity index (χ1v) is 9.98. The third-order valence-corrected chi connectivity index (χ3v) is 4.62. The standard InChI is InChI=1S/C24H33N3/c1-3-4-5-11-18-26-20(2)27-19-24(25)23-15-10-9-14-22(23)17-16-21-12-7-6-8-13-21/h6-10,12-15,19,26-27H,2-5,11,16-18,25H2,1H3/b24-19-. The summed E-state index contributed by atoms with van der Waals surface area (Å²) in [5, 5.41) is 6.48. The van der Waals surface area contributed by atoms with Crippen molar-refractivity contribution < 1.29 is 0 Å². The summed E-state index contributed by atoms with van der Waals surface area (Å²) in [6.45, 7) is 7.17. The van der Waals surface area contributed by atoms with Gasteiger partial charge in [0.15, 0.2) is 0 Å². The van der Waals surface area contributed by atoms with E-state index in [4.69, 9.17) is 5.73 Å². The van der Waals surface area contributed by atoms with Gasteiger partial charge < -0.3 is 16.4 Å². The summed E-state index contributed by atoms with van der Waals surface area (Å²) in [5.74, 6) is 0.788. The fourth-order valence-electron chi connectivity index (χ4n) is 3.03. The Kier molecular flexibility index (Phi) is 9.05. The van der Waals surface area contributed by atoms with Crippen LogP contribution in [0, 0.1) is 0 Å². The highest BCUT2D eigenvalue weighted by Crippen LogP contribution is 2.17. The Morgan fingerprint density at radius 3 is 2.48 bits per heavy atom. The van der Waals surface area contributed by atoms with E-state index >= 15 is 0 Å². The zero-order valence-electron chi connectivity index (χ0n) is 16.5. The molecule has 0 bridgehead atoms. The van der Waals surface area contributed by atoms with Crippen LogP contribution >= 0.6 is 0 Å². The van der Waals surface area contributed by atoms with Gasteiger partial charge in [0.2, 0.25) is 0 Å². The minimum Gasteiger partial charge on any atom is -0.397 e. The van der Waals surface area contributed by atoms with Crippen molar-refractivity contribution >= 4 is 5.70 Å². The van der Waals surface area contributed by atoms with Crippen molar-refractivity contribution in [2.24, 2.45) is 5.73 Å². The van der Waals surface area contributed by atoms with Crippen LogP contribution in [0.4, 0.5) is 0 Å². The molecular formula is C24H33N3. The van der Waals surface area contributed by atoms with Crippen LogP contribution in [0.25, 0.3) is 5.70 Å². The van der Waals surface area contributed by atoms with Crippen LogP contribution < -0.4 is 16.4 Å². The van der Waals surface area contributed by atoms with Gasteiger partial charge in [-0.2, -0.15) is 0 Å². The first kappa shape index (κ1) is 20.6. The smallest absolute Gasteiger partial charge is 0.0953 e. The molecule has 2 rings (SSSR count). The lowest BCUT2D eigenvalue weighted by Crippen LogP contribution is -2.23. The second kappa shape index (κ2) is 11.8. The zero-order valence-corrected chi connectivity index (χ0v) is 16.5. The van der Waals surface area contributed by atoms with Gasteiger partial charge in [-0.1, -0.05) is 87.4 Å². The van der Waals surface area contributed by atoms with Crippen LogP contribution in [0.3, 0.4) is 0 Å². The first-order valence-electron chi connectivity index (χ1n) is 9.98. The molecule has 0 radical (unpaired) electrons. The summed E-state index contributed by atoms with van der Waals surface area (Å²) >= 11 is 0. The molecule has 0 heterocycles. The van der Waals surface area contributed by atoms with E-state index in [2.05, 4.69) is 72.7 Å². The highest BCUT2D eigenvalue weighted by molar-refractivity contribution is 5.65. The Balaban J connectivity index is 1.88. The van der Waals surface area contributed by atoms with E-state index in [0.29, 0.717) is 0 Å². The lowest BCUT2D eigenvalue weighted by molar-refractivity contribution is 0.625. The minimum atomic E-state index is 0.729. The topological polar surface area (TPSA) is 50.1 Å². The van der Waals surface area contributed by atoms with Gasteiger partial charge in [-0.25, -0.2) is 0 Å². The summed E-state index contributed by atoms with van der Waals surface area (Å²) in [6, 6.07) is 18.9. The Hall–Kier alpha value is -2.68. The predicted molar refractivity (Wildman–Crippen MR) is 117 cm³/mol. The van der Waals surface area contributed by atoms with Crippen molar-refractivity contribution in [1.82, 2.24) is 10.6 Å². The summed E-state index contributed by atoms with van der Waals surface area (Å²) in [7, 11) is 0. The average molecular weight is 364 g/mol. The molecule has 0 aliphatic carbocycles. The molecule has 0 saturated heterocycles.